The van der Waals surface area contributed by atoms with Gasteiger partial charge in [-0.1, -0.05) is 0 Å². The number of alkyl halides is 3. The summed E-state index contributed by atoms with van der Waals surface area (Å²) in [4.78, 5) is 3.81. The largest absolute Gasteiger partial charge is 0.573 e. The first-order valence-corrected chi connectivity index (χ1v) is 3.84. The van der Waals surface area contributed by atoms with Gasteiger partial charge in [0, 0.05) is 24.0 Å². The van der Waals surface area contributed by atoms with Gasteiger partial charge in [0.25, 0.3) is 0 Å². The maximum atomic E-state index is 11.9. The van der Waals surface area contributed by atoms with Crippen LogP contribution in [0.2, 0.25) is 0 Å². The first-order chi connectivity index (χ1) is 6.44. The minimum Gasteiger partial charge on any atom is -0.405 e. The summed E-state index contributed by atoms with van der Waals surface area (Å²) >= 11 is 0. The Morgan fingerprint density at radius 3 is 2.64 bits per heavy atom. The minimum absolute atomic E-state index is 0.0366. The van der Waals surface area contributed by atoms with E-state index in [1.165, 1.54) is 6.20 Å². The number of aryl methyl sites for hydroxylation is 1. The second-order valence-electron chi connectivity index (χ2n) is 2.62. The van der Waals surface area contributed by atoms with E-state index in [-0.39, 0.29) is 17.9 Å². The van der Waals surface area contributed by atoms with Crippen molar-refractivity contribution in [1.29, 1.82) is 0 Å². The fourth-order valence-electron chi connectivity index (χ4n) is 1.04. The third kappa shape index (κ3) is 2.59. The van der Waals surface area contributed by atoms with Gasteiger partial charge in [0.2, 0.25) is 0 Å². The lowest BCUT2D eigenvalue weighted by Crippen LogP contribution is -2.19. The molecule has 1 aromatic rings. The molecule has 0 spiro atoms. The van der Waals surface area contributed by atoms with Crippen LogP contribution in [0, 0.1) is 6.92 Å². The van der Waals surface area contributed by atoms with Gasteiger partial charge in [0.05, 0.1) is 0 Å². The minimum atomic E-state index is -4.70. The molecule has 0 aliphatic rings. The summed E-state index contributed by atoms with van der Waals surface area (Å²) in [5.41, 5.74) is 5.99. The van der Waals surface area contributed by atoms with E-state index in [1.807, 2.05) is 0 Å². The zero-order valence-electron chi connectivity index (χ0n) is 7.43. The summed E-state index contributed by atoms with van der Waals surface area (Å²) in [7, 11) is 0. The summed E-state index contributed by atoms with van der Waals surface area (Å²) in [5, 5.41) is 0. The van der Waals surface area contributed by atoms with Gasteiger partial charge in [0.15, 0.2) is 0 Å². The Morgan fingerprint density at radius 2 is 2.14 bits per heavy atom. The monoisotopic (exact) mass is 206 g/mol. The van der Waals surface area contributed by atoms with Gasteiger partial charge in [-0.05, 0) is 13.0 Å². The molecule has 2 N–H and O–H groups in total. The highest BCUT2D eigenvalue weighted by Gasteiger charge is 2.32. The van der Waals surface area contributed by atoms with Crippen LogP contribution in [0.3, 0.4) is 0 Å². The van der Waals surface area contributed by atoms with Crippen LogP contribution >= 0.6 is 0 Å². The predicted molar refractivity (Wildman–Crippen MR) is 43.5 cm³/mol. The second-order valence-corrected chi connectivity index (χ2v) is 2.62. The zero-order valence-corrected chi connectivity index (χ0v) is 7.43. The standard InChI is InChI=1S/C8H9F3N2O/c1-5-6(4-12)7(2-3-13-5)14-8(9,10)11/h2-3H,4,12H2,1H3. The molecule has 0 aromatic carbocycles. The highest BCUT2D eigenvalue weighted by Crippen LogP contribution is 2.26. The van der Waals surface area contributed by atoms with Gasteiger partial charge in [-0.2, -0.15) is 0 Å². The summed E-state index contributed by atoms with van der Waals surface area (Å²) < 4.78 is 39.5. The van der Waals surface area contributed by atoms with Crippen molar-refractivity contribution in [3.63, 3.8) is 0 Å². The number of ether oxygens (including phenoxy) is 1. The van der Waals surface area contributed by atoms with E-state index < -0.39 is 6.36 Å². The molecule has 1 rings (SSSR count). The Bertz CT molecular complexity index is 325. The fraction of sp³-hybridized carbons (Fsp3) is 0.375. The SMILES string of the molecule is Cc1nccc(OC(F)(F)F)c1CN. The van der Waals surface area contributed by atoms with Crippen molar-refractivity contribution in [1.82, 2.24) is 4.98 Å². The molecule has 0 radical (unpaired) electrons. The van der Waals surface area contributed by atoms with Crippen LogP contribution in [0.1, 0.15) is 11.3 Å². The molecule has 6 heteroatoms. The zero-order chi connectivity index (χ0) is 10.8. The Labute approximate surface area is 78.7 Å². The van der Waals surface area contributed by atoms with Crippen LogP contribution in [0.4, 0.5) is 13.2 Å². The number of aromatic nitrogens is 1. The van der Waals surface area contributed by atoms with Crippen molar-refractivity contribution < 1.29 is 17.9 Å². The van der Waals surface area contributed by atoms with E-state index in [4.69, 9.17) is 5.73 Å². The van der Waals surface area contributed by atoms with Crippen molar-refractivity contribution in [2.24, 2.45) is 5.73 Å². The van der Waals surface area contributed by atoms with Gasteiger partial charge in [-0.3, -0.25) is 4.98 Å². The van der Waals surface area contributed by atoms with Crippen LogP contribution in [0.5, 0.6) is 5.75 Å². The normalized spacial score (nSPS) is 11.5. The number of nitrogens with two attached hydrogens (primary N) is 1. The number of pyridine rings is 1. The number of nitrogens with zero attached hydrogens (tertiary/aromatic N) is 1. The lowest BCUT2D eigenvalue weighted by Gasteiger charge is -2.13. The molecule has 1 heterocycles. The van der Waals surface area contributed by atoms with E-state index in [1.54, 1.807) is 6.92 Å². The summed E-state index contributed by atoms with van der Waals surface area (Å²) in [6.45, 7) is 1.54. The number of hydrogen-bond acceptors (Lipinski definition) is 3. The number of halogens is 3. The molecular formula is C8H9F3N2O. The molecule has 0 aliphatic carbocycles. The average molecular weight is 206 g/mol. The molecule has 0 saturated heterocycles. The predicted octanol–water partition coefficient (Wildman–Crippen LogP) is 1.75. The molecule has 0 unspecified atom stereocenters. The van der Waals surface area contributed by atoms with Crippen molar-refractivity contribution in [3.05, 3.63) is 23.5 Å². The quantitative estimate of drug-likeness (QED) is 0.801. The second kappa shape index (κ2) is 3.83. The first-order valence-electron chi connectivity index (χ1n) is 3.84. The van der Waals surface area contributed by atoms with Crippen molar-refractivity contribution in [2.75, 3.05) is 0 Å². The third-order valence-corrected chi connectivity index (χ3v) is 1.66. The lowest BCUT2D eigenvalue weighted by atomic mass is 10.2. The highest BCUT2D eigenvalue weighted by atomic mass is 19.4. The molecule has 0 saturated carbocycles. The van der Waals surface area contributed by atoms with Gasteiger partial charge < -0.3 is 10.5 Å². The van der Waals surface area contributed by atoms with E-state index in [9.17, 15) is 13.2 Å². The molecule has 0 aliphatic heterocycles. The molecule has 78 valence electrons. The molecule has 0 amide bonds. The van der Waals surface area contributed by atoms with E-state index >= 15 is 0 Å². The topological polar surface area (TPSA) is 48.1 Å². The van der Waals surface area contributed by atoms with Gasteiger partial charge in [0.1, 0.15) is 5.75 Å². The van der Waals surface area contributed by atoms with E-state index in [0.29, 0.717) is 5.69 Å². The van der Waals surface area contributed by atoms with E-state index in [0.717, 1.165) is 6.07 Å². The molecule has 0 fully saturated rings. The van der Waals surface area contributed by atoms with Crippen LogP contribution in [0.15, 0.2) is 12.3 Å². The Morgan fingerprint density at radius 1 is 1.50 bits per heavy atom. The van der Waals surface area contributed by atoms with Crippen molar-refractivity contribution in [3.8, 4) is 5.75 Å². The summed E-state index contributed by atoms with van der Waals surface area (Å²) in [5.74, 6) is -0.285. The molecule has 14 heavy (non-hydrogen) atoms. The highest BCUT2D eigenvalue weighted by molar-refractivity contribution is 5.35. The number of rotatable bonds is 2. The molecule has 3 nitrogen and oxygen atoms in total. The molecule has 0 bridgehead atoms. The molecule has 1 aromatic heterocycles. The maximum absolute atomic E-state index is 11.9. The van der Waals surface area contributed by atoms with Crippen molar-refractivity contribution >= 4 is 0 Å². The maximum Gasteiger partial charge on any atom is 0.573 e. The third-order valence-electron chi connectivity index (χ3n) is 1.66. The average Bonchev–Trinajstić information content (AvgIpc) is 2.01. The number of hydrogen-bond donors (Lipinski definition) is 1. The van der Waals surface area contributed by atoms with Crippen LogP contribution < -0.4 is 10.5 Å². The Kier molecular flexibility index (Phi) is 2.95. The van der Waals surface area contributed by atoms with Crippen LogP contribution in [0.25, 0.3) is 0 Å². The fourth-order valence-corrected chi connectivity index (χ4v) is 1.04. The van der Waals surface area contributed by atoms with Gasteiger partial charge in [-0.25, -0.2) is 0 Å². The first kappa shape index (κ1) is 10.8. The van der Waals surface area contributed by atoms with Crippen LogP contribution in [-0.2, 0) is 6.54 Å². The molecular weight excluding hydrogens is 197 g/mol. The van der Waals surface area contributed by atoms with Gasteiger partial charge in [-0.15, -0.1) is 13.2 Å². The van der Waals surface area contributed by atoms with Gasteiger partial charge >= 0.3 is 6.36 Å². The summed E-state index contributed by atoms with van der Waals surface area (Å²) in [6.07, 6.45) is -3.45. The Hall–Kier alpha value is -1.30. The van der Waals surface area contributed by atoms with Crippen LogP contribution in [-0.4, -0.2) is 11.3 Å². The lowest BCUT2D eigenvalue weighted by molar-refractivity contribution is -0.274. The van der Waals surface area contributed by atoms with Crippen molar-refractivity contribution in [2.45, 2.75) is 19.8 Å². The Balaban J connectivity index is 3.02. The van der Waals surface area contributed by atoms with E-state index in [2.05, 4.69) is 9.72 Å². The smallest absolute Gasteiger partial charge is 0.405 e. The summed E-state index contributed by atoms with van der Waals surface area (Å²) in [6, 6.07) is 1.14. The molecule has 0 atom stereocenters.